The number of rotatable bonds is 6. The largest absolute Gasteiger partial charge is 0.381 e. The number of nitrogens with one attached hydrogen (secondary N) is 1. The molecule has 1 atom stereocenters. The van der Waals surface area contributed by atoms with Crippen LogP contribution in [-0.2, 0) is 4.74 Å². The highest BCUT2D eigenvalue weighted by atomic mass is 16.5. The third-order valence-electron chi connectivity index (χ3n) is 3.27. The molecule has 100 valence electrons. The fourth-order valence-corrected chi connectivity index (χ4v) is 2.16. The summed E-state index contributed by atoms with van der Waals surface area (Å²) in [6.45, 7) is 13.1. The Hall–Kier alpha value is -0.340. The second-order valence-electron chi connectivity index (χ2n) is 5.90. The summed E-state index contributed by atoms with van der Waals surface area (Å²) in [5, 5.41) is 3.55. The van der Waals surface area contributed by atoms with Gasteiger partial charge >= 0.3 is 0 Å². The van der Waals surface area contributed by atoms with Gasteiger partial charge in [-0.25, -0.2) is 0 Å². The van der Waals surface area contributed by atoms with Gasteiger partial charge in [-0.2, -0.15) is 0 Å². The van der Waals surface area contributed by atoms with E-state index in [0.29, 0.717) is 11.8 Å². The molecule has 1 aliphatic rings. The van der Waals surface area contributed by atoms with E-state index in [9.17, 15) is 0 Å². The molecular weight excluding hydrogens is 210 g/mol. The molecule has 0 amide bonds. The number of ether oxygens (including phenoxy) is 1. The molecule has 2 nitrogen and oxygen atoms in total. The van der Waals surface area contributed by atoms with Crippen LogP contribution in [0, 0.1) is 17.8 Å². The molecule has 1 aliphatic heterocycles. The molecule has 0 spiro atoms. The van der Waals surface area contributed by atoms with Gasteiger partial charge in [0.2, 0.25) is 0 Å². The van der Waals surface area contributed by atoms with Crippen molar-refractivity contribution >= 4 is 0 Å². The molecule has 0 radical (unpaired) electrons. The molecule has 1 heterocycles. The maximum absolute atomic E-state index is 5.54. The summed E-state index contributed by atoms with van der Waals surface area (Å²) in [6, 6.07) is 0. The first-order chi connectivity index (χ1) is 8.09. The fraction of sp³-hybridized carbons (Fsp3) is 0.867. The molecule has 17 heavy (non-hydrogen) atoms. The van der Waals surface area contributed by atoms with Gasteiger partial charge in [0.05, 0.1) is 6.61 Å². The molecule has 0 aromatic heterocycles. The lowest BCUT2D eigenvalue weighted by atomic mass is 9.94. The minimum absolute atomic E-state index is 0.636. The molecule has 0 aromatic carbocycles. The van der Waals surface area contributed by atoms with Crippen LogP contribution >= 0.6 is 0 Å². The second kappa shape index (κ2) is 7.88. The minimum atomic E-state index is 0.636. The van der Waals surface area contributed by atoms with Gasteiger partial charge in [-0.3, -0.25) is 0 Å². The highest BCUT2D eigenvalue weighted by Crippen LogP contribution is 2.19. The fourth-order valence-electron chi connectivity index (χ4n) is 2.16. The van der Waals surface area contributed by atoms with Crippen LogP contribution in [0.4, 0.5) is 0 Å². The van der Waals surface area contributed by atoms with Gasteiger partial charge in [0.1, 0.15) is 0 Å². The monoisotopic (exact) mass is 239 g/mol. The van der Waals surface area contributed by atoms with Gasteiger partial charge in [-0.15, -0.1) is 0 Å². The molecule has 1 unspecified atom stereocenters. The Kier molecular flexibility index (Phi) is 6.83. The van der Waals surface area contributed by atoms with Crippen LogP contribution in [-0.4, -0.2) is 26.3 Å². The van der Waals surface area contributed by atoms with Gasteiger partial charge in [-0.1, -0.05) is 39.3 Å². The molecule has 1 N–H and O–H groups in total. The third-order valence-corrected chi connectivity index (χ3v) is 3.27. The van der Waals surface area contributed by atoms with Crippen LogP contribution in [0.2, 0.25) is 0 Å². The molecule has 0 saturated carbocycles. The third kappa shape index (κ3) is 6.23. The van der Waals surface area contributed by atoms with Crippen molar-refractivity contribution < 1.29 is 4.74 Å². The van der Waals surface area contributed by atoms with Crippen molar-refractivity contribution in [2.75, 3.05) is 26.3 Å². The van der Waals surface area contributed by atoms with E-state index in [2.05, 4.69) is 39.1 Å². The van der Waals surface area contributed by atoms with Gasteiger partial charge in [0.15, 0.2) is 0 Å². The summed E-state index contributed by atoms with van der Waals surface area (Å²) < 4.78 is 5.54. The Morgan fingerprint density at radius 2 is 2.12 bits per heavy atom. The summed E-state index contributed by atoms with van der Waals surface area (Å²) in [5.41, 5.74) is 1.54. The lowest BCUT2D eigenvalue weighted by molar-refractivity contribution is 0.0706. The Labute approximate surface area is 107 Å². The summed E-state index contributed by atoms with van der Waals surface area (Å²) in [5.74, 6) is 2.00. The average Bonchev–Trinajstić information content (AvgIpc) is 2.28. The standard InChI is InChI=1S/C15H29NO/c1-12(2)9-16-10-15(13(3)4)8-14-6-5-7-17-11-14/h8,12-14,16H,5-7,9-11H2,1-4H3. The molecule has 0 aliphatic carbocycles. The van der Waals surface area contributed by atoms with Crippen molar-refractivity contribution in [3.05, 3.63) is 11.6 Å². The van der Waals surface area contributed by atoms with Crippen molar-refractivity contribution in [1.82, 2.24) is 5.32 Å². The predicted molar refractivity (Wildman–Crippen MR) is 74.2 cm³/mol. The van der Waals surface area contributed by atoms with E-state index in [1.165, 1.54) is 12.8 Å². The van der Waals surface area contributed by atoms with Crippen molar-refractivity contribution in [3.63, 3.8) is 0 Å². The maximum atomic E-state index is 5.54. The normalized spacial score (nSPS) is 22.5. The maximum Gasteiger partial charge on any atom is 0.0528 e. The summed E-state index contributed by atoms with van der Waals surface area (Å²) in [7, 11) is 0. The van der Waals surface area contributed by atoms with E-state index in [0.717, 1.165) is 32.2 Å². The van der Waals surface area contributed by atoms with E-state index in [-0.39, 0.29) is 0 Å². The minimum Gasteiger partial charge on any atom is -0.381 e. The smallest absolute Gasteiger partial charge is 0.0528 e. The Morgan fingerprint density at radius 3 is 2.65 bits per heavy atom. The van der Waals surface area contributed by atoms with Crippen LogP contribution in [0.1, 0.15) is 40.5 Å². The number of hydrogen-bond donors (Lipinski definition) is 1. The Morgan fingerprint density at radius 1 is 1.35 bits per heavy atom. The zero-order valence-electron chi connectivity index (χ0n) is 12.0. The van der Waals surface area contributed by atoms with E-state index in [1.807, 2.05) is 0 Å². The molecule has 0 bridgehead atoms. The van der Waals surface area contributed by atoms with Crippen molar-refractivity contribution in [3.8, 4) is 0 Å². The molecule has 1 rings (SSSR count). The zero-order chi connectivity index (χ0) is 12.7. The Balaban J connectivity index is 2.42. The van der Waals surface area contributed by atoms with Crippen molar-refractivity contribution in [2.24, 2.45) is 17.8 Å². The lowest BCUT2D eigenvalue weighted by Crippen LogP contribution is -2.25. The highest BCUT2D eigenvalue weighted by molar-refractivity contribution is 5.09. The second-order valence-corrected chi connectivity index (χ2v) is 5.90. The molecule has 1 fully saturated rings. The summed E-state index contributed by atoms with van der Waals surface area (Å²) in [6.07, 6.45) is 4.96. The Bertz CT molecular complexity index is 227. The van der Waals surface area contributed by atoms with Crippen LogP contribution in [0.15, 0.2) is 11.6 Å². The highest BCUT2D eigenvalue weighted by Gasteiger charge is 2.13. The van der Waals surface area contributed by atoms with Gasteiger partial charge in [0, 0.05) is 19.1 Å². The van der Waals surface area contributed by atoms with Gasteiger partial charge in [0.25, 0.3) is 0 Å². The first-order valence-corrected chi connectivity index (χ1v) is 7.08. The number of hydrogen-bond acceptors (Lipinski definition) is 2. The molecule has 0 aromatic rings. The molecule has 1 saturated heterocycles. The predicted octanol–water partition coefficient (Wildman–Crippen LogP) is 3.24. The van der Waals surface area contributed by atoms with Crippen LogP contribution in [0.5, 0.6) is 0 Å². The van der Waals surface area contributed by atoms with Crippen molar-refractivity contribution in [1.29, 1.82) is 0 Å². The lowest BCUT2D eigenvalue weighted by Gasteiger charge is -2.22. The van der Waals surface area contributed by atoms with Crippen LogP contribution in [0.3, 0.4) is 0 Å². The molecular formula is C15H29NO. The van der Waals surface area contributed by atoms with Crippen LogP contribution in [0.25, 0.3) is 0 Å². The zero-order valence-corrected chi connectivity index (χ0v) is 12.0. The van der Waals surface area contributed by atoms with Gasteiger partial charge in [-0.05, 0) is 31.2 Å². The SMILES string of the molecule is CC(C)CNCC(=CC1CCCOC1)C(C)C. The molecule has 2 heteroatoms. The van der Waals surface area contributed by atoms with E-state index in [4.69, 9.17) is 4.74 Å². The van der Waals surface area contributed by atoms with E-state index in [1.54, 1.807) is 5.57 Å². The first-order valence-electron chi connectivity index (χ1n) is 7.08. The van der Waals surface area contributed by atoms with Crippen molar-refractivity contribution in [2.45, 2.75) is 40.5 Å². The van der Waals surface area contributed by atoms with Crippen LogP contribution < -0.4 is 5.32 Å². The topological polar surface area (TPSA) is 21.3 Å². The quantitative estimate of drug-likeness (QED) is 0.718. The first kappa shape index (κ1) is 14.7. The van der Waals surface area contributed by atoms with E-state index < -0.39 is 0 Å². The summed E-state index contributed by atoms with van der Waals surface area (Å²) in [4.78, 5) is 0. The summed E-state index contributed by atoms with van der Waals surface area (Å²) >= 11 is 0. The van der Waals surface area contributed by atoms with E-state index >= 15 is 0 Å². The van der Waals surface area contributed by atoms with Gasteiger partial charge < -0.3 is 10.1 Å². The average molecular weight is 239 g/mol.